The lowest BCUT2D eigenvalue weighted by atomic mass is 10.1. The molecule has 0 bridgehead atoms. The molecule has 0 spiro atoms. The molecule has 0 saturated carbocycles. The summed E-state index contributed by atoms with van der Waals surface area (Å²) in [5.41, 5.74) is 1.79. The van der Waals surface area contributed by atoms with Crippen LogP contribution in [0.2, 0.25) is 0 Å². The van der Waals surface area contributed by atoms with Crippen molar-refractivity contribution in [3.05, 3.63) is 86.8 Å². The summed E-state index contributed by atoms with van der Waals surface area (Å²) < 4.78 is 11.8. The first-order valence-corrected chi connectivity index (χ1v) is 9.20. The van der Waals surface area contributed by atoms with E-state index < -0.39 is 11.6 Å². The van der Waals surface area contributed by atoms with Gasteiger partial charge in [0, 0.05) is 17.0 Å². The Morgan fingerprint density at radius 3 is 2.76 bits per heavy atom. The highest BCUT2D eigenvalue weighted by atomic mass is 16.5. The first-order chi connectivity index (χ1) is 14.0. The average molecular weight is 390 g/mol. The molecule has 4 rings (SSSR count). The molecule has 7 nitrogen and oxygen atoms in total. The zero-order chi connectivity index (χ0) is 20.4. The van der Waals surface area contributed by atoms with Gasteiger partial charge in [-0.15, -0.1) is 0 Å². The summed E-state index contributed by atoms with van der Waals surface area (Å²) in [5.74, 6) is -0.601. The molecule has 0 N–H and O–H groups in total. The summed E-state index contributed by atoms with van der Waals surface area (Å²) in [6.07, 6.45) is 2.14. The fraction of sp³-hybridized carbons (Fsp3) is 0.182. The van der Waals surface area contributed by atoms with E-state index in [1.54, 1.807) is 24.3 Å². The van der Waals surface area contributed by atoms with Crippen molar-refractivity contribution in [3.63, 3.8) is 0 Å². The number of aromatic nitrogens is 2. The van der Waals surface area contributed by atoms with Crippen LogP contribution in [0.4, 0.5) is 0 Å². The van der Waals surface area contributed by atoms with Gasteiger partial charge in [0.2, 0.25) is 0 Å². The number of hydrogen-bond acceptors (Lipinski definition) is 6. The molecule has 29 heavy (non-hydrogen) atoms. The molecular weight excluding hydrogens is 372 g/mol. The molecule has 7 heteroatoms. The summed E-state index contributed by atoms with van der Waals surface area (Å²) in [6.45, 7) is 1.65. The van der Waals surface area contributed by atoms with Crippen LogP contribution in [0.1, 0.15) is 18.1 Å². The lowest BCUT2D eigenvalue weighted by Gasteiger charge is -2.09. The van der Waals surface area contributed by atoms with Gasteiger partial charge in [0.25, 0.3) is 5.56 Å². The standard InChI is InChI=1S/C22H18N2O5/c1-2-14-7-8-16-15(10-20(25)29-19(16)9-14)12-28-21(26)11-24-13-23-18-6-4-3-5-17(18)22(24)27/h3-10,13H,2,11-12H2,1H3. The van der Waals surface area contributed by atoms with Gasteiger partial charge in [-0.2, -0.15) is 0 Å². The summed E-state index contributed by atoms with van der Waals surface area (Å²) in [6, 6.07) is 13.8. The first kappa shape index (κ1) is 18.6. The number of fused-ring (bicyclic) bond motifs is 2. The van der Waals surface area contributed by atoms with Gasteiger partial charge < -0.3 is 9.15 Å². The van der Waals surface area contributed by atoms with Gasteiger partial charge in [0.1, 0.15) is 18.7 Å². The van der Waals surface area contributed by atoms with E-state index in [-0.39, 0.29) is 18.7 Å². The van der Waals surface area contributed by atoms with E-state index in [0.29, 0.717) is 27.4 Å². The van der Waals surface area contributed by atoms with Crippen LogP contribution in [-0.2, 0) is 29.1 Å². The van der Waals surface area contributed by atoms with Gasteiger partial charge in [0.15, 0.2) is 0 Å². The Bertz CT molecular complexity index is 1340. The number of rotatable bonds is 5. The van der Waals surface area contributed by atoms with Crippen LogP contribution in [0.5, 0.6) is 0 Å². The molecule has 0 fully saturated rings. The highest BCUT2D eigenvalue weighted by Crippen LogP contribution is 2.20. The normalized spacial score (nSPS) is 11.1. The molecule has 0 aliphatic rings. The lowest BCUT2D eigenvalue weighted by molar-refractivity contribution is -0.145. The molecule has 2 aromatic heterocycles. The third kappa shape index (κ3) is 3.80. The smallest absolute Gasteiger partial charge is 0.336 e. The maximum Gasteiger partial charge on any atom is 0.336 e. The molecule has 0 aliphatic heterocycles. The number of carbonyl (C=O) groups excluding carboxylic acids is 1. The second-order valence-corrected chi connectivity index (χ2v) is 6.63. The fourth-order valence-electron chi connectivity index (χ4n) is 3.18. The van der Waals surface area contributed by atoms with E-state index in [0.717, 1.165) is 12.0 Å². The molecule has 0 amide bonds. The minimum absolute atomic E-state index is 0.0951. The van der Waals surface area contributed by atoms with Crippen molar-refractivity contribution in [2.24, 2.45) is 0 Å². The summed E-state index contributed by atoms with van der Waals surface area (Å²) in [5, 5.41) is 1.14. The number of ether oxygens (including phenoxy) is 1. The fourth-order valence-corrected chi connectivity index (χ4v) is 3.18. The Morgan fingerprint density at radius 2 is 1.93 bits per heavy atom. The number of benzene rings is 2. The minimum atomic E-state index is -0.601. The Morgan fingerprint density at radius 1 is 1.10 bits per heavy atom. The SMILES string of the molecule is CCc1ccc2c(COC(=O)Cn3cnc4ccccc4c3=O)cc(=O)oc2c1. The van der Waals surface area contributed by atoms with Crippen molar-refractivity contribution in [1.29, 1.82) is 0 Å². The molecule has 0 unspecified atom stereocenters. The second-order valence-electron chi connectivity index (χ2n) is 6.63. The summed E-state index contributed by atoms with van der Waals surface area (Å²) in [7, 11) is 0. The van der Waals surface area contributed by atoms with Crippen LogP contribution in [-0.4, -0.2) is 15.5 Å². The lowest BCUT2D eigenvalue weighted by Crippen LogP contribution is -2.25. The summed E-state index contributed by atoms with van der Waals surface area (Å²) >= 11 is 0. The Labute approximate surface area is 165 Å². The van der Waals surface area contributed by atoms with E-state index >= 15 is 0 Å². The molecule has 2 heterocycles. The van der Waals surface area contributed by atoms with Gasteiger partial charge in [-0.1, -0.05) is 31.2 Å². The maximum absolute atomic E-state index is 12.5. The van der Waals surface area contributed by atoms with Gasteiger partial charge >= 0.3 is 11.6 Å². The number of hydrogen-bond donors (Lipinski definition) is 0. The molecule has 0 saturated heterocycles. The Balaban J connectivity index is 1.54. The van der Waals surface area contributed by atoms with Gasteiger partial charge in [0.05, 0.1) is 17.2 Å². The van der Waals surface area contributed by atoms with Gasteiger partial charge in [-0.3, -0.25) is 14.2 Å². The predicted octanol–water partition coefficient (Wildman–Crippen LogP) is 2.81. The molecule has 2 aromatic carbocycles. The first-order valence-electron chi connectivity index (χ1n) is 9.20. The van der Waals surface area contributed by atoms with Crippen LogP contribution in [0, 0.1) is 0 Å². The van der Waals surface area contributed by atoms with E-state index in [2.05, 4.69) is 4.98 Å². The molecule has 146 valence electrons. The highest BCUT2D eigenvalue weighted by Gasteiger charge is 2.12. The van der Waals surface area contributed by atoms with Crippen molar-refractivity contribution in [2.45, 2.75) is 26.5 Å². The van der Waals surface area contributed by atoms with Crippen molar-refractivity contribution in [2.75, 3.05) is 0 Å². The minimum Gasteiger partial charge on any atom is -0.459 e. The van der Waals surface area contributed by atoms with Crippen LogP contribution >= 0.6 is 0 Å². The van der Waals surface area contributed by atoms with Crippen LogP contribution in [0.25, 0.3) is 21.9 Å². The van der Waals surface area contributed by atoms with E-state index in [1.165, 1.54) is 17.0 Å². The average Bonchev–Trinajstić information content (AvgIpc) is 2.73. The third-order valence-corrected chi connectivity index (χ3v) is 4.72. The monoisotopic (exact) mass is 390 g/mol. The summed E-state index contributed by atoms with van der Waals surface area (Å²) in [4.78, 5) is 40.8. The number of carbonyl (C=O) groups is 1. The quantitative estimate of drug-likeness (QED) is 0.384. The predicted molar refractivity (Wildman–Crippen MR) is 108 cm³/mol. The number of aryl methyl sites for hydroxylation is 1. The van der Waals surface area contributed by atoms with Gasteiger partial charge in [-0.05, 0) is 30.2 Å². The zero-order valence-electron chi connectivity index (χ0n) is 15.8. The van der Waals surface area contributed by atoms with Crippen molar-refractivity contribution >= 4 is 27.8 Å². The number of para-hydroxylation sites is 1. The van der Waals surface area contributed by atoms with Crippen LogP contribution in [0.3, 0.4) is 0 Å². The van der Waals surface area contributed by atoms with E-state index in [4.69, 9.17) is 9.15 Å². The van der Waals surface area contributed by atoms with Crippen LogP contribution < -0.4 is 11.2 Å². The van der Waals surface area contributed by atoms with E-state index in [9.17, 15) is 14.4 Å². The van der Waals surface area contributed by atoms with Crippen LogP contribution in [0.15, 0.2) is 68.9 Å². The topological polar surface area (TPSA) is 91.4 Å². The van der Waals surface area contributed by atoms with E-state index in [1.807, 2.05) is 25.1 Å². The number of esters is 1. The molecule has 4 aromatic rings. The largest absolute Gasteiger partial charge is 0.459 e. The van der Waals surface area contributed by atoms with Crippen molar-refractivity contribution in [3.8, 4) is 0 Å². The maximum atomic E-state index is 12.5. The second kappa shape index (κ2) is 7.71. The van der Waals surface area contributed by atoms with Crippen molar-refractivity contribution < 1.29 is 13.9 Å². The third-order valence-electron chi connectivity index (χ3n) is 4.72. The molecular formula is C22H18N2O5. The van der Waals surface area contributed by atoms with Gasteiger partial charge in [-0.25, -0.2) is 9.78 Å². The zero-order valence-corrected chi connectivity index (χ0v) is 15.8. The Kier molecular flexibility index (Phi) is 4.95. The number of nitrogens with zero attached hydrogens (tertiary/aromatic N) is 2. The molecule has 0 radical (unpaired) electrons. The molecule has 0 atom stereocenters. The Hall–Kier alpha value is -3.74. The highest BCUT2D eigenvalue weighted by molar-refractivity contribution is 5.81. The van der Waals surface area contributed by atoms with Crippen molar-refractivity contribution in [1.82, 2.24) is 9.55 Å². The molecule has 0 aliphatic carbocycles.